The number of carbonyl (C=O) groups excluding carboxylic acids is 2. The molecule has 0 bridgehead atoms. The van der Waals surface area contributed by atoms with Gasteiger partial charge in [0.2, 0.25) is 11.8 Å². The summed E-state index contributed by atoms with van der Waals surface area (Å²) in [5, 5.41) is 0. The first kappa shape index (κ1) is 15.5. The minimum absolute atomic E-state index is 0.0496. The molecule has 0 unspecified atom stereocenters. The van der Waals surface area contributed by atoms with Crippen LogP contribution in [-0.2, 0) is 9.59 Å². The Morgan fingerprint density at radius 1 is 1.14 bits per heavy atom. The van der Waals surface area contributed by atoms with Crippen molar-refractivity contribution in [1.82, 2.24) is 4.90 Å². The highest BCUT2D eigenvalue weighted by molar-refractivity contribution is 5.97. The number of aryl methyl sites for hydroxylation is 1. The quantitative estimate of drug-likeness (QED) is 0.858. The molecular weight excluding hydrogens is 264 g/mol. The third-order valence-corrected chi connectivity index (χ3v) is 3.95. The molecule has 1 aromatic rings. The standard InChI is InChI=1S/C17H24N2O2/c1-14-8-7-9-16(12-14)19(15(2)20)13-17(21)18-10-5-3-4-6-11-18/h7-9,12H,3-6,10-11,13H2,1-2H3. The summed E-state index contributed by atoms with van der Waals surface area (Å²) < 4.78 is 0. The Kier molecular flexibility index (Phi) is 5.37. The maximum Gasteiger partial charge on any atom is 0.242 e. The lowest BCUT2D eigenvalue weighted by Crippen LogP contribution is -2.42. The molecule has 114 valence electrons. The van der Waals surface area contributed by atoms with Crippen LogP contribution in [0, 0.1) is 6.92 Å². The van der Waals surface area contributed by atoms with Gasteiger partial charge in [-0.15, -0.1) is 0 Å². The second kappa shape index (κ2) is 7.25. The molecule has 21 heavy (non-hydrogen) atoms. The van der Waals surface area contributed by atoms with Crippen molar-refractivity contribution in [2.45, 2.75) is 39.5 Å². The van der Waals surface area contributed by atoms with E-state index in [1.165, 1.54) is 19.8 Å². The highest BCUT2D eigenvalue weighted by atomic mass is 16.2. The number of benzene rings is 1. The van der Waals surface area contributed by atoms with Crippen molar-refractivity contribution >= 4 is 17.5 Å². The van der Waals surface area contributed by atoms with Gasteiger partial charge in [0.05, 0.1) is 0 Å². The van der Waals surface area contributed by atoms with E-state index in [1.54, 1.807) is 4.90 Å². The average Bonchev–Trinajstić information content (AvgIpc) is 2.73. The molecule has 0 spiro atoms. The van der Waals surface area contributed by atoms with E-state index in [0.717, 1.165) is 37.2 Å². The number of nitrogens with zero attached hydrogens (tertiary/aromatic N) is 2. The number of carbonyl (C=O) groups is 2. The summed E-state index contributed by atoms with van der Waals surface area (Å²) >= 11 is 0. The Morgan fingerprint density at radius 2 is 1.81 bits per heavy atom. The number of amides is 2. The first-order chi connectivity index (χ1) is 10.1. The average molecular weight is 288 g/mol. The Hall–Kier alpha value is -1.84. The number of hydrogen-bond acceptors (Lipinski definition) is 2. The zero-order valence-electron chi connectivity index (χ0n) is 13.0. The second-order valence-corrected chi connectivity index (χ2v) is 5.74. The van der Waals surface area contributed by atoms with Crippen molar-refractivity contribution in [3.8, 4) is 0 Å². The topological polar surface area (TPSA) is 40.6 Å². The number of hydrogen-bond donors (Lipinski definition) is 0. The van der Waals surface area contributed by atoms with Gasteiger partial charge in [-0.05, 0) is 37.5 Å². The molecule has 2 rings (SSSR count). The van der Waals surface area contributed by atoms with Gasteiger partial charge in [-0.3, -0.25) is 9.59 Å². The number of rotatable bonds is 3. The Labute approximate surface area is 126 Å². The molecule has 0 N–H and O–H groups in total. The molecule has 1 heterocycles. The van der Waals surface area contributed by atoms with E-state index in [4.69, 9.17) is 0 Å². The molecule has 1 aromatic carbocycles. The zero-order chi connectivity index (χ0) is 15.2. The lowest BCUT2D eigenvalue weighted by molar-refractivity contribution is -0.131. The van der Waals surface area contributed by atoms with Crippen molar-refractivity contribution in [3.63, 3.8) is 0 Å². The van der Waals surface area contributed by atoms with E-state index in [-0.39, 0.29) is 18.4 Å². The normalized spacial score (nSPS) is 15.4. The molecule has 0 saturated carbocycles. The van der Waals surface area contributed by atoms with Crippen LogP contribution in [0.5, 0.6) is 0 Å². The first-order valence-corrected chi connectivity index (χ1v) is 7.70. The largest absolute Gasteiger partial charge is 0.341 e. The maximum absolute atomic E-state index is 12.5. The van der Waals surface area contributed by atoms with E-state index >= 15 is 0 Å². The van der Waals surface area contributed by atoms with Gasteiger partial charge < -0.3 is 9.80 Å². The van der Waals surface area contributed by atoms with Crippen molar-refractivity contribution in [3.05, 3.63) is 29.8 Å². The van der Waals surface area contributed by atoms with Crippen LogP contribution in [0.4, 0.5) is 5.69 Å². The molecule has 2 amide bonds. The summed E-state index contributed by atoms with van der Waals surface area (Å²) in [6.45, 7) is 5.27. The summed E-state index contributed by atoms with van der Waals surface area (Å²) in [6, 6.07) is 7.72. The van der Waals surface area contributed by atoms with Crippen LogP contribution in [0.3, 0.4) is 0 Å². The van der Waals surface area contributed by atoms with Gasteiger partial charge in [0, 0.05) is 25.7 Å². The molecule has 0 radical (unpaired) electrons. The third kappa shape index (κ3) is 4.31. The van der Waals surface area contributed by atoms with Gasteiger partial charge in [-0.1, -0.05) is 25.0 Å². The Morgan fingerprint density at radius 3 is 2.38 bits per heavy atom. The van der Waals surface area contributed by atoms with Crippen molar-refractivity contribution in [2.75, 3.05) is 24.5 Å². The molecule has 4 nitrogen and oxygen atoms in total. The smallest absolute Gasteiger partial charge is 0.242 e. The fourth-order valence-electron chi connectivity index (χ4n) is 2.74. The molecule has 1 aliphatic rings. The van der Waals surface area contributed by atoms with E-state index < -0.39 is 0 Å². The molecule has 0 aliphatic carbocycles. The molecule has 0 atom stereocenters. The van der Waals surface area contributed by atoms with Gasteiger partial charge in [-0.2, -0.15) is 0 Å². The van der Waals surface area contributed by atoms with Gasteiger partial charge in [0.25, 0.3) is 0 Å². The van der Waals surface area contributed by atoms with E-state index in [2.05, 4.69) is 0 Å². The monoisotopic (exact) mass is 288 g/mol. The SMILES string of the molecule is CC(=O)N(CC(=O)N1CCCCCC1)c1cccc(C)c1. The third-order valence-electron chi connectivity index (χ3n) is 3.95. The van der Waals surface area contributed by atoms with Crippen LogP contribution in [0.1, 0.15) is 38.2 Å². The summed E-state index contributed by atoms with van der Waals surface area (Å²) in [5.41, 5.74) is 1.88. The molecule has 1 saturated heterocycles. The van der Waals surface area contributed by atoms with E-state index in [9.17, 15) is 9.59 Å². The minimum atomic E-state index is -0.0937. The summed E-state index contributed by atoms with van der Waals surface area (Å²) in [5.74, 6) is -0.0441. The van der Waals surface area contributed by atoms with Crippen molar-refractivity contribution in [2.24, 2.45) is 0 Å². The Balaban J connectivity index is 2.09. The molecule has 0 aromatic heterocycles. The number of anilines is 1. The van der Waals surface area contributed by atoms with Gasteiger partial charge >= 0.3 is 0 Å². The van der Waals surface area contributed by atoms with Crippen LogP contribution < -0.4 is 4.90 Å². The fourth-order valence-corrected chi connectivity index (χ4v) is 2.74. The zero-order valence-corrected chi connectivity index (χ0v) is 13.0. The van der Waals surface area contributed by atoms with Crippen LogP contribution in [0.25, 0.3) is 0 Å². The molecule has 1 fully saturated rings. The van der Waals surface area contributed by atoms with Crippen molar-refractivity contribution < 1.29 is 9.59 Å². The minimum Gasteiger partial charge on any atom is -0.341 e. The maximum atomic E-state index is 12.5. The van der Waals surface area contributed by atoms with E-state index in [0.29, 0.717) is 0 Å². The summed E-state index contributed by atoms with van der Waals surface area (Å²) in [6.07, 6.45) is 4.52. The van der Waals surface area contributed by atoms with Crippen molar-refractivity contribution in [1.29, 1.82) is 0 Å². The van der Waals surface area contributed by atoms with Crippen LogP contribution in [0.2, 0.25) is 0 Å². The van der Waals surface area contributed by atoms with Crippen LogP contribution >= 0.6 is 0 Å². The molecule has 4 heteroatoms. The summed E-state index contributed by atoms with van der Waals surface area (Å²) in [4.78, 5) is 27.8. The van der Waals surface area contributed by atoms with Crippen LogP contribution in [0.15, 0.2) is 24.3 Å². The predicted molar refractivity (Wildman–Crippen MR) is 84.3 cm³/mol. The lowest BCUT2D eigenvalue weighted by atomic mass is 10.2. The van der Waals surface area contributed by atoms with Crippen LogP contribution in [-0.4, -0.2) is 36.3 Å². The first-order valence-electron chi connectivity index (χ1n) is 7.70. The van der Waals surface area contributed by atoms with Gasteiger partial charge in [0.15, 0.2) is 0 Å². The molecular formula is C17H24N2O2. The summed E-state index contributed by atoms with van der Waals surface area (Å²) in [7, 11) is 0. The molecule has 1 aliphatic heterocycles. The number of likely N-dealkylation sites (tertiary alicyclic amines) is 1. The van der Waals surface area contributed by atoms with Gasteiger partial charge in [-0.25, -0.2) is 0 Å². The van der Waals surface area contributed by atoms with Gasteiger partial charge in [0.1, 0.15) is 6.54 Å². The second-order valence-electron chi connectivity index (χ2n) is 5.74. The Bertz CT molecular complexity index is 505. The van der Waals surface area contributed by atoms with E-state index in [1.807, 2.05) is 36.1 Å². The lowest BCUT2D eigenvalue weighted by Gasteiger charge is -2.26. The highest BCUT2D eigenvalue weighted by Crippen LogP contribution is 2.17. The highest BCUT2D eigenvalue weighted by Gasteiger charge is 2.21. The predicted octanol–water partition coefficient (Wildman–Crippen LogP) is 2.75. The fraction of sp³-hybridized carbons (Fsp3) is 0.529.